The Labute approximate surface area is 757 Å². The quantitative estimate of drug-likeness (QED) is 0.0247. The van der Waals surface area contributed by atoms with Crippen LogP contribution in [-0.4, -0.2) is 14.2 Å². The molecular weight excluding hydrogens is 1760 g/mol. The van der Waals surface area contributed by atoms with E-state index >= 15 is 0 Å². The number of sulfone groups is 1. The van der Waals surface area contributed by atoms with Crippen LogP contribution in [0.25, 0.3) is 33.4 Å². The topological polar surface area (TPSA) is 259 Å². The molecule has 0 heterocycles. The zero-order valence-corrected chi connectivity index (χ0v) is 74.5. The standard InChI is InChI=1S/C19H23N.C15H14F3N.C14H16N2.C14H13NO.C13H9Cl4N.C13H5F8N.C13H13NO2S/c1-15-5-7-16(8-6-15)19(13-3-2-4-14-19)17-9-11-18(20)12-10-17;1-9-3-5-12(10(2)7-9)13-6-4-11(19)8-14(13)15(16,17)18;15-13-7-3-1-5-11(13)9-10-12-6-2-4-8-14(12)16;1-10-4-2-5-11(8-10)14(16)12-6-3-7-13(15)9-12;1-6-2-10(15)7(3-9(6)14)8-4-12(17)13(18)5-11(8)16;1-2-5(14)7(16)3(8(17)6(2)15)4-9(18)11(20)13(22)12(21)10(4)19;1-10-4-2-6-12(8-10)17(15,16)13-7-3-5-11(14)9-13/h5-12H,2-4,13-14,20H2,1H3;3-8H,19H2,1-2H3;1-8H,9-10,15-16H2;2-9H,15H2,1H3;2-5H,18H2,1H3;22H2,1H3;2-9H,14H2,1H3. The molecule has 0 radical (unpaired) electrons. The highest BCUT2D eigenvalue weighted by atomic mass is 35.5. The van der Waals surface area contributed by atoms with Gasteiger partial charge in [-0.1, -0.05) is 228 Å². The third-order valence-electron chi connectivity index (χ3n) is 21.1. The molecule has 14 aromatic rings. The summed E-state index contributed by atoms with van der Waals surface area (Å²) in [5, 5.41) is 2.11. The molecule has 128 heavy (non-hydrogen) atoms. The largest absolute Gasteiger partial charge is 0.417 e. The Hall–Kier alpha value is -12.5. The molecule has 1 aliphatic carbocycles. The van der Waals surface area contributed by atoms with E-state index in [-0.39, 0.29) is 27.3 Å². The second-order valence-corrected chi connectivity index (χ2v) is 34.2. The number of aryl methyl sites for hydroxylation is 8. The van der Waals surface area contributed by atoms with Gasteiger partial charge in [0.2, 0.25) is 9.84 Å². The third-order valence-corrected chi connectivity index (χ3v) is 24.2. The lowest BCUT2D eigenvalue weighted by Crippen LogP contribution is -2.30. The lowest BCUT2D eigenvalue weighted by Gasteiger charge is -2.38. The highest BCUT2D eigenvalue weighted by Gasteiger charge is 2.37. The summed E-state index contributed by atoms with van der Waals surface area (Å²) < 4.78 is 172. The molecule has 16 N–H and O–H groups in total. The summed E-state index contributed by atoms with van der Waals surface area (Å²) in [6.45, 7) is 12.2. The molecular formula is C101H93Cl4F11N8O3S. The van der Waals surface area contributed by atoms with Crippen LogP contribution in [0.4, 0.5) is 93.8 Å². The molecule has 11 nitrogen and oxygen atoms in total. The molecule has 1 aliphatic rings. The average Bonchev–Trinajstić information content (AvgIpc) is 0.742. The van der Waals surface area contributed by atoms with Crippen LogP contribution in [0.3, 0.4) is 0 Å². The van der Waals surface area contributed by atoms with E-state index in [2.05, 4.69) is 55.5 Å². The van der Waals surface area contributed by atoms with Crippen molar-refractivity contribution in [3.8, 4) is 33.4 Å². The number of carbonyl (C=O) groups excluding carboxylic acids is 1. The van der Waals surface area contributed by atoms with Crippen LogP contribution in [0, 0.1) is 95.0 Å². The van der Waals surface area contributed by atoms with Gasteiger partial charge in [0.15, 0.2) is 52.3 Å². The predicted molar refractivity (Wildman–Crippen MR) is 500 cm³/mol. The van der Waals surface area contributed by atoms with E-state index in [4.69, 9.17) is 92.3 Å². The first-order valence-electron chi connectivity index (χ1n) is 39.9. The molecule has 0 saturated heterocycles. The van der Waals surface area contributed by atoms with E-state index in [1.807, 2.05) is 113 Å². The van der Waals surface area contributed by atoms with Gasteiger partial charge in [-0.3, -0.25) is 4.79 Å². The fourth-order valence-corrected chi connectivity index (χ4v) is 16.5. The van der Waals surface area contributed by atoms with Crippen molar-refractivity contribution >= 4 is 108 Å². The predicted octanol–water partition coefficient (Wildman–Crippen LogP) is 27.5. The SMILES string of the molecule is Cc1c(F)c(F)c(-c2c(F)c(F)c(N)c(F)c2F)c(F)c1F.Cc1cc(Cl)c(-c2cc(Cl)c(N)cc2Cl)cc1Cl.Cc1ccc(-c2ccc(N)cc2C(F)(F)F)c(C)c1.Cc1ccc(C2(c3ccc(N)cc3)CCCCC2)cc1.Cc1cccc(C(=O)c2cccc(N)c2)c1.Cc1cccc(S(=O)(=O)c2cccc(N)c2)c1.Nc1ccccc1CCc1ccccc1N. The van der Waals surface area contributed by atoms with Crippen molar-refractivity contribution in [2.24, 2.45) is 0 Å². The van der Waals surface area contributed by atoms with Gasteiger partial charge in [-0.15, -0.1) is 0 Å². The summed E-state index contributed by atoms with van der Waals surface area (Å²) in [4.78, 5) is 12.6. The number of nitrogens with two attached hydrogens (primary N) is 8. The third kappa shape index (κ3) is 24.8. The molecule has 0 aliphatic heterocycles. The molecule has 0 amide bonds. The van der Waals surface area contributed by atoms with Gasteiger partial charge in [0.25, 0.3) is 0 Å². The second kappa shape index (κ2) is 43.8. The Morgan fingerprint density at radius 1 is 0.352 bits per heavy atom. The van der Waals surface area contributed by atoms with Gasteiger partial charge in [-0.2, -0.15) is 13.2 Å². The Morgan fingerprint density at radius 2 is 0.773 bits per heavy atom. The first-order chi connectivity index (χ1) is 60.4. The molecule has 15 rings (SSSR count). The minimum Gasteiger partial charge on any atom is -0.399 e. The van der Waals surface area contributed by atoms with Gasteiger partial charge in [0.1, 0.15) is 5.69 Å². The maximum Gasteiger partial charge on any atom is 0.417 e. The molecule has 27 heteroatoms. The first-order valence-corrected chi connectivity index (χ1v) is 42.9. The van der Waals surface area contributed by atoms with Crippen LogP contribution in [0.5, 0.6) is 0 Å². The number of carbonyl (C=O) groups is 1. The number of hydrogen-bond acceptors (Lipinski definition) is 11. The molecule has 0 atom stereocenters. The van der Waals surface area contributed by atoms with Crippen LogP contribution in [0.1, 0.15) is 115 Å². The number of anilines is 8. The van der Waals surface area contributed by atoms with Crippen LogP contribution in [0.2, 0.25) is 20.1 Å². The molecule has 666 valence electrons. The Balaban J connectivity index is 0.000000169. The van der Waals surface area contributed by atoms with Gasteiger partial charge in [-0.25, -0.2) is 43.5 Å². The van der Waals surface area contributed by atoms with E-state index in [0.29, 0.717) is 71.2 Å². The Morgan fingerprint density at radius 3 is 1.27 bits per heavy atom. The Kier molecular flexibility index (Phi) is 34.0. The fourth-order valence-electron chi connectivity index (χ4n) is 14.2. The lowest BCUT2D eigenvalue weighted by molar-refractivity contribution is -0.137. The van der Waals surface area contributed by atoms with Crippen molar-refractivity contribution < 1.29 is 61.5 Å². The minimum absolute atomic E-state index is 0.0102. The van der Waals surface area contributed by atoms with Gasteiger partial charge in [0.05, 0.1) is 42.2 Å². The number of nitrogen functional groups attached to an aromatic ring is 8. The van der Waals surface area contributed by atoms with E-state index < -0.39 is 90.5 Å². The van der Waals surface area contributed by atoms with Crippen molar-refractivity contribution in [1.29, 1.82) is 0 Å². The Bertz CT molecular complexity index is 6090. The van der Waals surface area contributed by atoms with Crippen molar-refractivity contribution in [3.63, 3.8) is 0 Å². The number of para-hydroxylation sites is 2. The monoisotopic (exact) mass is 1850 g/mol. The number of ketones is 1. The molecule has 0 bridgehead atoms. The number of alkyl halides is 3. The van der Waals surface area contributed by atoms with Crippen molar-refractivity contribution in [1.82, 2.24) is 0 Å². The first kappa shape index (κ1) is 99.3. The minimum atomic E-state index is -4.41. The number of halogens is 15. The second-order valence-electron chi connectivity index (χ2n) is 30.6. The summed E-state index contributed by atoms with van der Waals surface area (Å²) in [6, 6.07) is 77.4. The maximum absolute atomic E-state index is 13.7. The van der Waals surface area contributed by atoms with Crippen LogP contribution in [-0.2, 0) is 34.3 Å². The molecule has 1 saturated carbocycles. The number of benzene rings is 14. The zero-order valence-electron chi connectivity index (χ0n) is 70.6. The lowest BCUT2D eigenvalue weighted by atomic mass is 9.65. The van der Waals surface area contributed by atoms with Crippen LogP contribution < -0.4 is 45.9 Å². The zero-order chi connectivity index (χ0) is 94.0. The van der Waals surface area contributed by atoms with Crippen LogP contribution >= 0.6 is 46.4 Å². The van der Waals surface area contributed by atoms with E-state index in [1.54, 1.807) is 104 Å². The van der Waals surface area contributed by atoms with Crippen molar-refractivity contribution in [3.05, 3.63) is 399 Å². The van der Waals surface area contributed by atoms with E-state index in [9.17, 15) is 61.5 Å². The highest BCUT2D eigenvalue weighted by molar-refractivity contribution is 7.91. The normalized spacial score (nSPS) is 12.0. The highest BCUT2D eigenvalue weighted by Crippen LogP contribution is 2.47. The number of hydrogen-bond donors (Lipinski definition) is 8. The van der Waals surface area contributed by atoms with Crippen molar-refractivity contribution in [2.75, 3.05) is 45.9 Å². The van der Waals surface area contributed by atoms with Gasteiger partial charge in [-0.05, 0) is 233 Å². The molecule has 14 aromatic carbocycles. The van der Waals surface area contributed by atoms with Crippen molar-refractivity contribution in [2.45, 2.75) is 115 Å². The smallest absolute Gasteiger partial charge is 0.399 e. The fraction of sp³-hybridized carbons (Fsp3) is 0.158. The van der Waals surface area contributed by atoms with Gasteiger partial charge < -0.3 is 45.9 Å². The van der Waals surface area contributed by atoms with Crippen LogP contribution in [0.15, 0.2) is 265 Å². The maximum atomic E-state index is 13.7. The molecule has 0 aromatic heterocycles. The summed E-state index contributed by atoms with van der Waals surface area (Å²) in [7, 11) is -3.46. The van der Waals surface area contributed by atoms with E-state index in [1.165, 1.54) is 78.1 Å². The van der Waals surface area contributed by atoms with Gasteiger partial charge >= 0.3 is 6.18 Å². The average molecular weight is 1850 g/mol. The number of rotatable bonds is 12. The summed E-state index contributed by atoms with van der Waals surface area (Å²) in [5.74, 6) is -17.1. The van der Waals surface area contributed by atoms with Gasteiger partial charge in [0, 0.05) is 77.4 Å². The molecule has 0 unspecified atom stereocenters. The summed E-state index contributed by atoms with van der Waals surface area (Å²) in [5.41, 5.74) is 56.8. The molecule has 0 spiro atoms. The van der Waals surface area contributed by atoms with E-state index in [0.717, 1.165) is 69.4 Å². The molecule has 1 fully saturated rings. The summed E-state index contributed by atoms with van der Waals surface area (Å²) >= 11 is 24.5. The summed E-state index contributed by atoms with van der Waals surface area (Å²) in [6.07, 6.45) is 3.95.